The maximum atomic E-state index is 11.4. The van der Waals surface area contributed by atoms with E-state index in [9.17, 15) is 9.90 Å². The highest BCUT2D eigenvalue weighted by atomic mass is 32.1. The molecule has 0 saturated heterocycles. The van der Waals surface area contributed by atoms with Gasteiger partial charge >= 0.3 is 0 Å². The Labute approximate surface area is 81.2 Å². The number of Topliss-reactive ketones (excluding diaryl/α,β-unsaturated/α-hetero) is 1. The van der Waals surface area contributed by atoms with Gasteiger partial charge in [-0.2, -0.15) is 11.3 Å². The standard InChI is InChI=1S/C10H12O2S/c11-9-3-1-2-8(9)10(12)7-4-5-13-6-7/h4-6,8,10,12H,1-3H2/t8-,10+/m1/s1. The van der Waals surface area contributed by atoms with Gasteiger partial charge in [0.1, 0.15) is 5.78 Å². The molecule has 1 aliphatic rings. The van der Waals surface area contributed by atoms with Crippen molar-refractivity contribution in [2.24, 2.45) is 5.92 Å². The number of thiophene rings is 1. The predicted octanol–water partition coefficient (Wildman–Crippen LogP) is 2.15. The van der Waals surface area contributed by atoms with Crippen LogP contribution in [-0.2, 0) is 4.79 Å². The Morgan fingerprint density at radius 3 is 3.00 bits per heavy atom. The fourth-order valence-electron chi connectivity index (χ4n) is 1.85. The molecule has 2 nitrogen and oxygen atoms in total. The van der Waals surface area contributed by atoms with Crippen molar-refractivity contribution in [2.45, 2.75) is 25.4 Å². The molecule has 0 unspecified atom stereocenters. The van der Waals surface area contributed by atoms with E-state index in [-0.39, 0.29) is 11.7 Å². The number of ketones is 1. The van der Waals surface area contributed by atoms with E-state index < -0.39 is 6.10 Å². The second-order valence-electron chi connectivity index (χ2n) is 3.47. The second kappa shape index (κ2) is 3.60. The van der Waals surface area contributed by atoms with Crippen LogP contribution >= 0.6 is 11.3 Å². The summed E-state index contributed by atoms with van der Waals surface area (Å²) in [4.78, 5) is 11.4. The molecule has 1 aromatic heterocycles. The average Bonchev–Trinajstić information content (AvgIpc) is 2.72. The summed E-state index contributed by atoms with van der Waals surface area (Å²) < 4.78 is 0. The Kier molecular flexibility index (Phi) is 2.47. The topological polar surface area (TPSA) is 37.3 Å². The van der Waals surface area contributed by atoms with Crippen LogP contribution in [0.2, 0.25) is 0 Å². The maximum absolute atomic E-state index is 11.4. The summed E-state index contributed by atoms with van der Waals surface area (Å²) in [6.45, 7) is 0. The normalized spacial score (nSPS) is 25.0. The molecule has 1 heterocycles. The number of aliphatic hydroxyl groups is 1. The van der Waals surface area contributed by atoms with Gasteiger partial charge in [0.05, 0.1) is 6.10 Å². The number of aliphatic hydroxyl groups excluding tert-OH is 1. The van der Waals surface area contributed by atoms with Crippen LogP contribution in [0.1, 0.15) is 30.9 Å². The smallest absolute Gasteiger partial charge is 0.138 e. The molecule has 3 heteroatoms. The molecule has 0 bridgehead atoms. The molecule has 2 rings (SSSR count). The van der Waals surface area contributed by atoms with Gasteiger partial charge in [0.15, 0.2) is 0 Å². The third-order valence-electron chi connectivity index (χ3n) is 2.62. The second-order valence-corrected chi connectivity index (χ2v) is 4.25. The van der Waals surface area contributed by atoms with Gasteiger partial charge in [-0.25, -0.2) is 0 Å². The number of hydrogen-bond acceptors (Lipinski definition) is 3. The minimum absolute atomic E-state index is 0.144. The molecular formula is C10H12O2S. The molecule has 1 aliphatic carbocycles. The average molecular weight is 196 g/mol. The summed E-state index contributed by atoms with van der Waals surface area (Å²) >= 11 is 1.56. The Balaban J connectivity index is 2.13. The number of hydrogen-bond donors (Lipinski definition) is 1. The highest BCUT2D eigenvalue weighted by molar-refractivity contribution is 7.07. The molecule has 1 fully saturated rings. The zero-order valence-electron chi connectivity index (χ0n) is 7.27. The lowest BCUT2D eigenvalue weighted by Crippen LogP contribution is -2.15. The van der Waals surface area contributed by atoms with E-state index in [0.29, 0.717) is 6.42 Å². The molecule has 0 radical (unpaired) electrons. The first-order chi connectivity index (χ1) is 6.29. The lowest BCUT2D eigenvalue weighted by Gasteiger charge is -2.14. The van der Waals surface area contributed by atoms with Gasteiger partial charge < -0.3 is 5.11 Å². The van der Waals surface area contributed by atoms with Crippen molar-refractivity contribution in [3.8, 4) is 0 Å². The van der Waals surface area contributed by atoms with Crippen LogP contribution in [0.25, 0.3) is 0 Å². The van der Waals surface area contributed by atoms with Crippen LogP contribution in [0.15, 0.2) is 16.8 Å². The molecule has 1 N–H and O–H groups in total. The van der Waals surface area contributed by atoms with Crippen molar-refractivity contribution in [2.75, 3.05) is 0 Å². The zero-order chi connectivity index (χ0) is 9.26. The molecule has 1 saturated carbocycles. The van der Waals surface area contributed by atoms with Gasteiger partial charge in [-0.1, -0.05) is 0 Å². The summed E-state index contributed by atoms with van der Waals surface area (Å²) in [5.74, 6) is 0.0771. The quantitative estimate of drug-likeness (QED) is 0.787. The van der Waals surface area contributed by atoms with Gasteiger partial charge in [0.25, 0.3) is 0 Å². The van der Waals surface area contributed by atoms with Crippen molar-refractivity contribution in [3.63, 3.8) is 0 Å². The van der Waals surface area contributed by atoms with Gasteiger partial charge in [-0.3, -0.25) is 4.79 Å². The van der Waals surface area contributed by atoms with E-state index in [4.69, 9.17) is 0 Å². The molecule has 0 aromatic carbocycles. The summed E-state index contributed by atoms with van der Waals surface area (Å²) in [5.41, 5.74) is 0.894. The van der Waals surface area contributed by atoms with Crippen molar-refractivity contribution < 1.29 is 9.90 Å². The largest absolute Gasteiger partial charge is 0.388 e. The molecule has 0 spiro atoms. The molecule has 2 atom stereocenters. The van der Waals surface area contributed by atoms with Gasteiger partial charge in [0, 0.05) is 12.3 Å². The third kappa shape index (κ3) is 1.67. The fraction of sp³-hybridized carbons (Fsp3) is 0.500. The molecule has 13 heavy (non-hydrogen) atoms. The Morgan fingerprint density at radius 2 is 2.46 bits per heavy atom. The summed E-state index contributed by atoms with van der Waals surface area (Å²) in [6, 6.07) is 1.89. The van der Waals surface area contributed by atoms with Crippen LogP contribution in [0, 0.1) is 5.92 Å². The molecule has 1 aromatic rings. The van der Waals surface area contributed by atoms with Crippen LogP contribution in [0.5, 0.6) is 0 Å². The summed E-state index contributed by atoms with van der Waals surface area (Å²) in [7, 11) is 0. The summed E-state index contributed by atoms with van der Waals surface area (Å²) in [6.07, 6.45) is 1.85. The lowest BCUT2D eigenvalue weighted by molar-refractivity contribution is -0.123. The first-order valence-corrected chi connectivity index (χ1v) is 5.46. The van der Waals surface area contributed by atoms with E-state index in [2.05, 4.69) is 0 Å². The van der Waals surface area contributed by atoms with E-state index in [1.165, 1.54) is 0 Å². The third-order valence-corrected chi connectivity index (χ3v) is 3.32. The first kappa shape index (κ1) is 8.91. The zero-order valence-corrected chi connectivity index (χ0v) is 8.09. The Bertz CT molecular complexity index is 292. The van der Waals surface area contributed by atoms with Crippen LogP contribution in [0.4, 0.5) is 0 Å². The van der Waals surface area contributed by atoms with E-state index in [1.54, 1.807) is 11.3 Å². The Hall–Kier alpha value is -0.670. The van der Waals surface area contributed by atoms with E-state index in [1.807, 2.05) is 16.8 Å². The van der Waals surface area contributed by atoms with E-state index in [0.717, 1.165) is 18.4 Å². The molecular weight excluding hydrogens is 184 g/mol. The van der Waals surface area contributed by atoms with Gasteiger partial charge in [0.2, 0.25) is 0 Å². The minimum Gasteiger partial charge on any atom is -0.388 e. The van der Waals surface area contributed by atoms with Gasteiger partial charge in [-0.05, 0) is 35.2 Å². The van der Waals surface area contributed by atoms with Gasteiger partial charge in [-0.15, -0.1) is 0 Å². The van der Waals surface area contributed by atoms with Crippen molar-refractivity contribution in [1.29, 1.82) is 0 Å². The SMILES string of the molecule is O=C1CCC[C@H]1[C@@H](O)c1ccsc1. The fourth-order valence-corrected chi connectivity index (χ4v) is 2.54. The van der Waals surface area contributed by atoms with Crippen molar-refractivity contribution in [1.82, 2.24) is 0 Å². The predicted molar refractivity (Wildman–Crippen MR) is 51.6 cm³/mol. The first-order valence-electron chi connectivity index (χ1n) is 4.52. The van der Waals surface area contributed by atoms with Crippen LogP contribution in [-0.4, -0.2) is 10.9 Å². The molecule has 0 aliphatic heterocycles. The lowest BCUT2D eigenvalue weighted by atomic mass is 9.96. The molecule has 0 amide bonds. The minimum atomic E-state index is -0.568. The van der Waals surface area contributed by atoms with Crippen LogP contribution < -0.4 is 0 Å². The van der Waals surface area contributed by atoms with E-state index >= 15 is 0 Å². The Morgan fingerprint density at radius 1 is 1.62 bits per heavy atom. The maximum Gasteiger partial charge on any atom is 0.138 e. The number of carbonyl (C=O) groups is 1. The summed E-state index contributed by atoms with van der Waals surface area (Å²) in [5, 5.41) is 13.7. The highest BCUT2D eigenvalue weighted by Gasteiger charge is 2.31. The number of rotatable bonds is 2. The van der Waals surface area contributed by atoms with Crippen LogP contribution in [0.3, 0.4) is 0 Å². The number of carbonyl (C=O) groups excluding carboxylic acids is 1. The van der Waals surface area contributed by atoms with Crippen molar-refractivity contribution >= 4 is 17.1 Å². The highest BCUT2D eigenvalue weighted by Crippen LogP contribution is 2.33. The van der Waals surface area contributed by atoms with Crippen molar-refractivity contribution in [3.05, 3.63) is 22.4 Å². The monoisotopic (exact) mass is 196 g/mol. The molecule has 70 valence electrons.